The van der Waals surface area contributed by atoms with Crippen molar-refractivity contribution in [3.8, 4) is 0 Å². The maximum atomic E-state index is 12.5. The number of amides is 2. The van der Waals surface area contributed by atoms with Crippen molar-refractivity contribution in [2.24, 2.45) is 5.73 Å². The van der Waals surface area contributed by atoms with Crippen LogP contribution in [0.1, 0.15) is 21.1 Å². The summed E-state index contributed by atoms with van der Waals surface area (Å²) in [5.74, 6) is -0.258. The van der Waals surface area contributed by atoms with Gasteiger partial charge in [0.15, 0.2) is 0 Å². The van der Waals surface area contributed by atoms with Crippen LogP contribution in [0.4, 0.5) is 0 Å². The van der Waals surface area contributed by atoms with Gasteiger partial charge in [-0.1, -0.05) is 23.7 Å². The van der Waals surface area contributed by atoms with Crippen molar-refractivity contribution in [2.45, 2.75) is 13.0 Å². The van der Waals surface area contributed by atoms with Gasteiger partial charge in [0.25, 0.3) is 5.91 Å². The lowest BCUT2D eigenvalue weighted by Gasteiger charge is -2.34. The largest absolute Gasteiger partial charge is 0.335 e. The Hall–Kier alpha value is -1.67. The highest BCUT2D eigenvalue weighted by Crippen LogP contribution is 2.16. The average Bonchev–Trinajstić information content (AvgIpc) is 3.07. The second-order valence-electron chi connectivity index (χ2n) is 5.83. The van der Waals surface area contributed by atoms with Gasteiger partial charge in [-0.25, -0.2) is 4.98 Å². The third-order valence-corrected chi connectivity index (χ3v) is 5.18. The Morgan fingerprint density at radius 3 is 2.65 bits per heavy atom. The quantitative estimate of drug-likeness (QED) is 0.812. The van der Waals surface area contributed by atoms with E-state index < -0.39 is 0 Å². The zero-order valence-corrected chi connectivity index (χ0v) is 16.4. The van der Waals surface area contributed by atoms with E-state index in [0.717, 1.165) is 10.6 Å². The van der Waals surface area contributed by atoms with Crippen LogP contribution in [0, 0.1) is 0 Å². The fraction of sp³-hybridized carbons (Fsp3) is 0.353. The first-order valence-corrected chi connectivity index (χ1v) is 9.28. The summed E-state index contributed by atoms with van der Waals surface area (Å²) in [4.78, 5) is 32.5. The van der Waals surface area contributed by atoms with E-state index in [4.69, 9.17) is 17.3 Å². The molecule has 0 saturated carbocycles. The molecule has 0 aliphatic carbocycles. The number of nitrogens with two attached hydrogens (primary N) is 1. The highest BCUT2D eigenvalue weighted by atomic mass is 35.5. The molecule has 6 nitrogen and oxygen atoms in total. The van der Waals surface area contributed by atoms with Crippen LogP contribution in [0.2, 0.25) is 5.02 Å². The standard InChI is InChI=1S/C17H19ClN4O2S.ClH/c18-13-3-1-12(2-4-13)9-21-7-8-22(10-16(21)23)17(24)14-11-25-15(20-14)5-6-19;/h1-4,11H,5-10,19H2;1H. The molecule has 0 spiro atoms. The molecule has 1 aromatic carbocycles. The molecule has 0 bridgehead atoms. The molecule has 26 heavy (non-hydrogen) atoms. The molecule has 3 rings (SSSR count). The van der Waals surface area contributed by atoms with Crippen molar-refractivity contribution in [1.82, 2.24) is 14.8 Å². The molecule has 2 aromatic rings. The van der Waals surface area contributed by atoms with Crippen molar-refractivity contribution < 1.29 is 9.59 Å². The van der Waals surface area contributed by atoms with Gasteiger partial charge in [-0.2, -0.15) is 0 Å². The fourth-order valence-electron chi connectivity index (χ4n) is 2.67. The Labute approximate surface area is 167 Å². The summed E-state index contributed by atoms with van der Waals surface area (Å²) in [6, 6.07) is 7.42. The second-order valence-corrected chi connectivity index (χ2v) is 7.21. The van der Waals surface area contributed by atoms with Crippen LogP contribution in [0.25, 0.3) is 0 Å². The van der Waals surface area contributed by atoms with Gasteiger partial charge in [0.2, 0.25) is 5.91 Å². The zero-order valence-electron chi connectivity index (χ0n) is 14.1. The Bertz CT molecular complexity index is 766. The molecule has 1 aliphatic heterocycles. The number of carbonyl (C=O) groups is 2. The first kappa shape index (κ1) is 20.6. The molecule has 0 unspecified atom stereocenters. The van der Waals surface area contributed by atoms with Gasteiger partial charge >= 0.3 is 0 Å². The minimum absolute atomic E-state index is 0. The topological polar surface area (TPSA) is 79.5 Å². The molecular formula is C17H20Cl2N4O2S. The van der Waals surface area contributed by atoms with Gasteiger partial charge in [0.1, 0.15) is 12.2 Å². The summed E-state index contributed by atoms with van der Waals surface area (Å²) in [6.45, 7) is 2.11. The van der Waals surface area contributed by atoms with Crippen molar-refractivity contribution in [1.29, 1.82) is 0 Å². The average molecular weight is 415 g/mol. The van der Waals surface area contributed by atoms with Crippen LogP contribution in [-0.4, -0.2) is 52.8 Å². The van der Waals surface area contributed by atoms with E-state index in [0.29, 0.717) is 43.3 Å². The van der Waals surface area contributed by atoms with Crippen LogP contribution < -0.4 is 5.73 Å². The number of hydrogen-bond donors (Lipinski definition) is 1. The summed E-state index contributed by atoms with van der Waals surface area (Å²) >= 11 is 7.31. The lowest BCUT2D eigenvalue weighted by Crippen LogP contribution is -2.51. The minimum Gasteiger partial charge on any atom is -0.335 e. The minimum atomic E-state index is -0.195. The molecule has 1 aromatic heterocycles. The number of thiazole rings is 1. The van der Waals surface area contributed by atoms with Crippen molar-refractivity contribution in [2.75, 3.05) is 26.2 Å². The number of rotatable bonds is 5. The number of hydrogen-bond acceptors (Lipinski definition) is 5. The maximum Gasteiger partial charge on any atom is 0.273 e. The van der Waals surface area contributed by atoms with Gasteiger partial charge in [-0.3, -0.25) is 9.59 Å². The number of piperazine rings is 1. The molecule has 9 heteroatoms. The lowest BCUT2D eigenvalue weighted by molar-refractivity contribution is -0.135. The summed E-state index contributed by atoms with van der Waals surface area (Å²) in [5.41, 5.74) is 6.92. The van der Waals surface area contributed by atoms with Crippen LogP contribution in [0.5, 0.6) is 0 Å². The van der Waals surface area contributed by atoms with E-state index in [1.165, 1.54) is 11.3 Å². The monoisotopic (exact) mass is 414 g/mol. The Morgan fingerprint density at radius 2 is 2.00 bits per heavy atom. The summed E-state index contributed by atoms with van der Waals surface area (Å²) in [7, 11) is 0. The van der Waals surface area contributed by atoms with Crippen LogP contribution in [0.3, 0.4) is 0 Å². The molecule has 0 atom stereocenters. The second kappa shape index (κ2) is 9.32. The highest BCUT2D eigenvalue weighted by molar-refractivity contribution is 7.09. The number of benzene rings is 1. The van der Waals surface area contributed by atoms with Crippen molar-refractivity contribution >= 4 is 47.2 Å². The zero-order chi connectivity index (χ0) is 17.8. The molecule has 2 amide bonds. The molecule has 1 aliphatic rings. The SMILES string of the molecule is Cl.NCCc1nc(C(=O)N2CCN(Cc3ccc(Cl)cc3)C(=O)C2)cs1. The Morgan fingerprint density at radius 1 is 1.27 bits per heavy atom. The molecule has 1 fully saturated rings. The highest BCUT2D eigenvalue weighted by Gasteiger charge is 2.28. The molecule has 2 N–H and O–H groups in total. The fourth-order valence-corrected chi connectivity index (χ4v) is 3.58. The summed E-state index contributed by atoms with van der Waals surface area (Å²) in [5, 5.41) is 3.25. The third-order valence-electron chi connectivity index (χ3n) is 4.02. The molecule has 2 heterocycles. The molecule has 1 saturated heterocycles. The Kier molecular flexibility index (Phi) is 7.40. The number of halogens is 2. The van der Waals surface area contributed by atoms with Gasteiger partial charge in [-0.05, 0) is 24.2 Å². The maximum absolute atomic E-state index is 12.5. The van der Waals surface area contributed by atoms with E-state index >= 15 is 0 Å². The first-order valence-electron chi connectivity index (χ1n) is 8.03. The number of carbonyl (C=O) groups excluding carboxylic acids is 2. The number of aromatic nitrogens is 1. The Balaban J connectivity index is 0.00000243. The molecule has 140 valence electrons. The lowest BCUT2D eigenvalue weighted by atomic mass is 10.2. The van der Waals surface area contributed by atoms with E-state index in [-0.39, 0.29) is 30.8 Å². The number of nitrogens with zero attached hydrogens (tertiary/aromatic N) is 3. The van der Waals surface area contributed by atoms with Gasteiger partial charge in [0.05, 0.1) is 5.01 Å². The smallest absolute Gasteiger partial charge is 0.273 e. The molecular weight excluding hydrogens is 395 g/mol. The first-order chi connectivity index (χ1) is 12.1. The van der Waals surface area contributed by atoms with E-state index in [1.807, 2.05) is 24.3 Å². The normalized spacial score (nSPS) is 14.3. The van der Waals surface area contributed by atoms with Crippen LogP contribution in [-0.2, 0) is 17.8 Å². The van der Waals surface area contributed by atoms with Gasteiger partial charge in [-0.15, -0.1) is 23.7 Å². The van der Waals surface area contributed by atoms with E-state index in [9.17, 15) is 9.59 Å². The van der Waals surface area contributed by atoms with E-state index in [1.54, 1.807) is 15.2 Å². The summed E-state index contributed by atoms with van der Waals surface area (Å²) in [6.07, 6.45) is 0.658. The predicted molar refractivity (Wildman–Crippen MR) is 105 cm³/mol. The third kappa shape index (κ3) is 4.94. The van der Waals surface area contributed by atoms with E-state index in [2.05, 4.69) is 4.98 Å². The molecule has 0 radical (unpaired) electrons. The van der Waals surface area contributed by atoms with Gasteiger partial charge in [0, 0.05) is 36.5 Å². The predicted octanol–water partition coefficient (Wildman–Crippen LogP) is 2.20. The van der Waals surface area contributed by atoms with Crippen molar-refractivity contribution in [3.63, 3.8) is 0 Å². The van der Waals surface area contributed by atoms with Gasteiger partial charge < -0.3 is 15.5 Å². The van der Waals surface area contributed by atoms with Crippen molar-refractivity contribution in [3.05, 3.63) is 50.9 Å². The van der Waals surface area contributed by atoms with Crippen LogP contribution in [0.15, 0.2) is 29.6 Å². The summed E-state index contributed by atoms with van der Waals surface area (Å²) < 4.78 is 0. The van der Waals surface area contributed by atoms with Crippen LogP contribution >= 0.6 is 35.3 Å².